The number of imidazole rings is 1. The fraction of sp³-hybridized carbons (Fsp3) is 0.500. The molecule has 214 valence electrons. The molecular weight excluding hydrogens is 510 g/mol. The number of hydrogen-bond acceptors (Lipinski definition) is 8. The van der Waals surface area contributed by atoms with Gasteiger partial charge >= 0.3 is 0 Å². The Morgan fingerprint density at radius 2 is 1.49 bits per heavy atom. The molecule has 0 bridgehead atoms. The van der Waals surface area contributed by atoms with Crippen molar-refractivity contribution in [1.82, 2.24) is 29.4 Å². The fourth-order valence-corrected chi connectivity index (χ4v) is 6.72. The Balaban J connectivity index is 1.10. The molecule has 1 aromatic carbocycles. The summed E-state index contributed by atoms with van der Waals surface area (Å²) in [5.41, 5.74) is 3.29. The highest BCUT2D eigenvalue weighted by atomic mass is 15.4. The Labute approximate surface area is 242 Å². The van der Waals surface area contributed by atoms with Gasteiger partial charge in [0.1, 0.15) is 5.82 Å². The lowest BCUT2D eigenvalue weighted by Gasteiger charge is -2.36. The van der Waals surface area contributed by atoms with Crippen LogP contribution in [0.5, 0.6) is 0 Å². The van der Waals surface area contributed by atoms with Crippen LogP contribution in [0.15, 0.2) is 61.1 Å². The van der Waals surface area contributed by atoms with E-state index in [9.17, 15) is 0 Å². The molecule has 2 aliphatic heterocycles. The van der Waals surface area contributed by atoms with Crippen LogP contribution < -0.4 is 15.1 Å². The second kappa shape index (κ2) is 12.0. The topological polar surface area (TPSA) is 78.2 Å². The van der Waals surface area contributed by atoms with E-state index >= 15 is 0 Å². The minimum absolute atomic E-state index is 0.383. The fourth-order valence-electron chi connectivity index (χ4n) is 6.72. The van der Waals surface area contributed by atoms with Crippen LogP contribution in [-0.2, 0) is 6.54 Å². The Morgan fingerprint density at radius 3 is 2.24 bits per heavy atom. The van der Waals surface area contributed by atoms with Crippen molar-refractivity contribution in [3.05, 3.63) is 66.6 Å². The van der Waals surface area contributed by atoms with Gasteiger partial charge in [-0.05, 0) is 43.4 Å². The lowest BCUT2D eigenvalue weighted by molar-refractivity contribution is 0.211. The minimum Gasteiger partial charge on any atom is -0.365 e. The minimum atomic E-state index is 0.383. The van der Waals surface area contributed by atoms with Gasteiger partial charge in [0.15, 0.2) is 17.0 Å². The highest BCUT2D eigenvalue weighted by Gasteiger charge is 2.27. The number of likely N-dealkylation sites (tertiary alicyclic amines) is 1. The maximum absolute atomic E-state index is 5.18. The molecule has 0 atom stereocenters. The molecule has 3 aliphatic rings. The van der Waals surface area contributed by atoms with E-state index in [0.29, 0.717) is 12.1 Å². The number of rotatable bonds is 7. The third kappa shape index (κ3) is 5.86. The van der Waals surface area contributed by atoms with Gasteiger partial charge in [0.2, 0.25) is 5.95 Å². The Morgan fingerprint density at radius 1 is 0.732 bits per heavy atom. The molecule has 3 aromatic heterocycles. The van der Waals surface area contributed by atoms with Gasteiger partial charge in [-0.25, -0.2) is 9.97 Å². The average Bonchev–Trinajstić information content (AvgIpc) is 3.48. The summed E-state index contributed by atoms with van der Waals surface area (Å²) in [5, 5.41) is 3.84. The van der Waals surface area contributed by atoms with Gasteiger partial charge in [0.25, 0.3) is 0 Å². The number of hydrogen-bond donors (Lipinski definition) is 1. The molecule has 2 saturated heterocycles. The standard InChI is InChI=1S/C32H41N9/c1-3-9-25(10-4-1)23-38-17-14-26(15-18-38)35-30-29-31(41(24-34-29)27-11-5-2-6-12-27)37-32(36-30)40-21-19-39(20-22-40)28-13-7-8-16-33-28/h1,3-4,7-10,13,16,24,26-27H,2,5-6,11-12,14-15,17-23H2,(H,35,36,37). The zero-order valence-corrected chi connectivity index (χ0v) is 23.9. The second-order valence-corrected chi connectivity index (χ2v) is 11.8. The number of aromatic nitrogens is 5. The molecule has 0 spiro atoms. The summed E-state index contributed by atoms with van der Waals surface area (Å²) in [6.07, 6.45) is 12.4. The van der Waals surface area contributed by atoms with Crippen LogP contribution in [-0.4, -0.2) is 74.7 Å². The molecule has 1 saturated carbocycles. The summed E-state index contributed by atoms with van der Waals surface area (Å²) in [6.45, 7) is 6.74. The van der Waals surface area contributed by atoms with Crippen molar-refractivity contribution in [3.8, 4) is 0 Å². The first-order chi connectivity index (χ1) is 20.3. The number of pyridine rings is 1. The molecule has 4 aromatic rings. The van der Waals surface area contributed by atoms with E-state index in [2.05, 4.69) is 72.0 Å². The zero-order valence-electron chi connectivity index (χ0n) is 23.9. The average molecular weight is 552 g/mol. The first kappa shape index (κ1) is 26.2. The summed E-state index contributed by atoms with van der Waals surface area (Å²) in [4.78, 5) is 27.0. The van der Waals surface area contributed by atoms with Crippen LogP contribution in [0.2, 0.25) is 0 Å². The van der Waals surface area contributed by atoms with Crippen LogP contribution >= 0.6 is 0 Å². The first-order valence-corrected chi connectivity index (χ1v) is 15.5. The third-order valence-corrected chi connectivity index (χ3v) is 9.09. The summed E-state index contributed by atoms with van der Waals surface area (Å²) < 4.78 is 2.34. The van der Waals surface area contributed by atoms with Crippen molar-refractivity contribution in [1.29, 1.82) is 0 Å². The molecule has 3 fully saturated rings. The number of nitrogens with zero attached hydrogens (tertiary/aromatic N) is 8. The zero-order chi connectivity index (χ0) is 27.4. The molecule has 1 N–H and O–H groups in total. The van der Waals surface area contributed by atoms with Crippen molar-refractivity contribution in [2.24, 2.45) is 0 Å². The molecule has 0 unspecified atom stereocenters. The maximum Gasteiger partial charge on any atom is 0.229 e. The second-order valence-electron chi connectivity index (χ2n) is 11.8. The van der Waals surface area contributed by atoms with Gasteiger partial charge < -0.3 is 19.7 Å². The number of nitrogens with one attached hydrogen (secondary N) is 1. The Bertz CT molecular complexity index is 1400. The van der Waals surface area contributed by atoms with Gasteiger partial charge in [-0.1, -0.05) is 55.7 Å². The van der Waals surface area contributed by atoms with Gasteiger partial charge in [-0.15, -0.1) is 0 Å². The normalized spacial score (nSPS) is 19.6. The first-order valence-electron chi connectivity index (χ1n) is 15.5. The third-order valence-electron chi connectivity index (χ3n) is 9.09. The lowest BCUT2D eigenvalue weighted by atomic mass is 9.95. The largest absolute Gasteiger partial charge is 0.365 e. The van der Waals surface area contributed by atoms with E-state index in [0.717, 1.165) is 87.4 Å². The smallest absolute Gasteiger partial charge is 0.229 e. The quantitative estimate of drug-likeness (QED) is 0.339. The van der Waals surface area contributed by atoms with Crippen molar-refractivity contribution < 1.29 is 0 Å². The number of anilines is 3. The van der Waals surface area contributed by atoms with E-state index < -0.39 is 0 Å². The van der Waals surface area contributed by atoms with Crippen LogP contribution in [0, 0.1) is 0 Å². The predicted octanol–water partition coefficient (Wildman–Crippen LogP) is 5.13. The Kier molecular flexibility index (Phi) is 7.68. The summed E-state index contributed by atoms with van der Waals surface area (Å²) in [5.74, 6) is 2.76. The molecule has 0 amide bonds. The summed E-state index contributed by atoms with van der Waals surface area (Å²) >= 11 is 0. The van der Waals surface area contributed by atoms with Crippen LogP contribution in [0.25, 0.3) is 11.2 Å². The van der Waals surface area contributed by atoms with Gasteiger partial charge in [-0.2, -0.15) is 9.97 Å². The van der Waals surface area contributed by atoms with Crippen molar-refractivity contribution in [2.45, 2.75) is 63.6 Å². The van der Waals surface area contributed by atoms with Gasteiger partial charge in [-0.3, -0.25) is 4.90 Å². The van der Waals surface area contributed by atoms with Crippen LogP contribution in [0.3, 0.4) is 0 Å². The maximum atomic E-state index is 5.18. The highest BCUT2D eigenvalue weighted by molar-refractivity contribution is 5.84. The molecular formula is C32H41N9. The monoisotopic (exact) mass is 551 g/mol. The molecule has 0 radical (unpaired) electrons. The van der Waals surface area contributed by atoms with E-state index in [1.54, 1.807) is 0 Å². The highest BCUT2D eigenvalue weighted by Crippen LogP contribution is 2.33. The van der Waals surface area contributed by atoms with E-state index in [4.69, 9.17) is 15.0 Å². The van der Waals surface area contributed by atoms with E-state index in [1.165, 1.54) is 37.7 Å². The number of benzene rings is 1. The SMILES string of the molecule is c1ccc(CN2CCC(Nc3nc(N4CCN(c5ccccn5)CC4)nc4c3ncn4C3CCCCC3)CC2)cc1. The molecule has 9 heteroatoms. The summed E-state index contributed by atoms with van der Waals surface area (Å²) in [6, 6.07) is 17.8. The van der Waals surface area contributed by atoms with E-state index in [1.807, 2.05) is 18.6 Å². The molecule has 7 rings (SSSR count). The summed E-state index contributed by atoms with van der Waals surface area (Å²) in [7, 11) is 0. The van der Waals surface area contributed by atoms with Crippen LogP contribution in [0.4, 0.5) is 17.6 Å². The van der Waals surface area contributed by atoms with Gasteiger partial charge in [0, 0.05) is 64.1 Å². The molecule has 41 heavy (non-hydrogen) atoms. The number of fused-ring (bicyclic) bond motifs is 1. The van der Waals surface area contributed by atoms with Crippen LogP contribution in [0.1, 0.15) is 56.6 Å². The van der Waals surface area contributed by atoms with Crippen molar-refractivity contribution in [3.63, 3.8) is 0 Å². The Hall–Kier alpha value is -3.72. The van der Waals surface area contributed by atoms with Gasteiger partial charge in [0.05, 0.1) is 6.33 Å². The lowest BCUT2D eigenvalue weighted by Crippen LogP contribution is -2.47. The van der Waals surface area contributed by atoms with E-state index in [-0.39, 0.29) is 0 Å². The molecule has 5 heterocycles. The van der Waals surface area contributed by atoms with Crippen molar-refractivity contribution >= 4 is 28.7 Å². The molecule has 1 aliphatic carbocycles. The van der Waals surface area contributed by atoms with Crippen molar-refractivity contribution in [2.75, 3.05) is 54.4 Å². The number of piperidine rings is 1. The number of piperazine rings is 1. The predicted molar refractivity (Wildman–Crippen MR) is 164 cm³/mol. The molecule has 9 nitrogen and oxygen atoms in total.